The molecule has 1 saturated heterocycles. The third-order valence-corrected chi connectivity index (χ3v) is 6.58. The standard InChI is InChI=1S/C17H15NO2S/c19-16-14-9-5-6-10(7-9)15(14)17(20)18(16)12-8-21-13-4-2-1-3-11(12)13/h1-4,8-10,14-15H,5-7H2/t9?,10?,14-,15+. The molecule has 3 fully saturated rings. The van der Waals surface area contributed by atoms with Crippen molar-refractivity contribution < 1.29 is 9.59 Å². The van der Waals surface area contributed by atoms with Crippen LogP contribution in [-0.4, -0.2) is 11.8 Å². The first-order chi connectivity index (χ1) is 10.3. The Labute approximate surface area is 126 Å². The Bertz CT molecular complexity index is 752. The summed E-state index contributed by atoms with van der Waals surface area (Å²) in [5.74, 6) is 0.948. The fourth-order valence-corrected chi connectivity index (χ4v) is 5.71. The van der Waals surface area contributed by atoms with Gasteiger partial charge < -0.3 is 0 Å². The molecule has 1 aromatic carbocycles. The summed E-state index contributed by atoms with van der Waals surface area (Å²) in [5.41, 5.74) is 0.805. The number of amides is 2. The monoisotopic (exact) mass is 297 g/mol. The molecule has 3 aliphatic rings. The highest BCUT2D eigenvalue weighted by atomic mass is 32.1. The Morgan fingerprint density at radius 3 is 2.38 bits per heavy atom. The number of thiophene rings is 1. The summed E-state index contributed by atoms with van der Waals surface area (Å²) < 4.78 is 1.13. The lowest BCUT2D eigenvalue weighted by Crippen LogP contribution is -2.32. The number of benzene rings is 1. The average Bonchev–Trinajstić information content (AvgIpc) is 3.23. The number of anilines is 1. The summed E-state index contributed by atoms with van der Waals surface area (Å²) in [6.07, 6.45) is 3.34. The van der Waals surface area contributed by atoms with E-state index < -0.39 is 0 Å². The molecule has 3 nitrogen and oxygen atoms in total. The first kappa shape index (κ1) is 11.9. The van der Waals surface area contributed by atoms with E-state index >= 15 is 0 Å². The molecule has 21 heavy (non-hydrogen) atoms. The number of fused-ring (bicyclic) bond motifs is 6. The summed E-state index contributed by atoms with van der Waals surface area (Å²) in [6.45, 7) is 0. The predicted octanol–water partition coefficient (Wildman–Crippen LogP) is 3.44. The summed E-state index contributed by atoms with van der Waals surface area (Å²) in [6, 6.07) is 8.00. The van der Waals surface area contributed by atoms with Gasteiger partial charge in [-0.05, 0) is 37.2 Å². The molecule has 1 aromatic heterocycles. The molecule has 0 spiro atoms. The third kappa shape index (κ3) is 1.39. The molecular formula is C17H15NO2S. The summed E-state index contributed by atoms with van der Waals surface area (Å²) in [4.78, 5) is 27.2. The van der Waals surface area contributed by atoms with E-state index in [2.05, 4.69) is 0 Å². The second kappa shape index (κ2) is 3.95. The maximum Gasteiger partial charge on any atom is 0.238 e. The number of nitrogens with zero attached hydrogens (tertiary/aromatic N) is 1. The molecular weight excluding hydrogens is 282 g/mol. The number of hydrogen-bond donors (Lipinski definition) is 0. The van der Waals surface area contributed by atoms with Gasteiger partial charge >= 0.3 is 0 Å². The van der Waals surface area contributed by atoms with Crippen LogP contribution >= 0.6 is 11.3 Å². The number of rotatable bonds is 1. The van der Waals surface area contributed by atoms with E-state index in [1.54, 1.807) is 11.3 Å². The van der Waals surface area contributed by atoms with Gasteiger partial charge in [0.1, 0.15) is 0 Å². The normalized spacial score (nSPS) is 34.2. The van der Waals surface area contributed by atoms with Crippen LogP contribution in [0.1, 0.15) is 19.3 Å². The van der Waals surface area contributed by atoms with Crippen molar-refractivity contribution in [2.75, 3.05) is 4.90 Å². The van der Waals surface area contributed by atoms with E-state index in [0.717, 1.165) is 35.0 Å². The van der Waals surface area contributed by atoms with E-state index in [1.807, 2.05) is 29.6 Å². The molecule has 2 unspecified atom stereocenters. The fourth-order valence-electron chi connectivity index (χ4n) is 4.78. The third-order valence-electron chi connectivity index (χ3n) is 5.63. The van der Waals surface area contributed by atoms with Gasteiger partial charge in [0.05, 0.1) is 17.5 Å². The van der Waals surface area contributed by atoms with E-state index in [4.69, 9.17) is 0 Å². The smallest absolute Gasteiger partial charge is 0.238 e. The zero-order valence-electron chi connectivity index (χ0n) is 11.5. The second-order valence-electron chi connectivity index (χ2n) is 6.51. The molecule has 0 radical (unpaired) electrons. The lowest BCUT2D eigenvalue weighted by Gasteiger charge is -2.19. The van der Waals surface area contributed by atoms with Crippen molar-refractivity contribution in [3.05, 3.63) is 29.6 Å². The van der Waals surface area contributed by atoms with E-state index in [9.17, 15) is 9.59 Å². The first-order valence-electron chi connectivity index (χ1n) is 7.60. The molecule has 1 aliphatic heterocycles. The van der Waals surface area contributed by atoms with Gasteiger partial charge in [0.2, 0.25) is 11.8 Å². The second-order valence-corrected chi connectivity index (χ2v) is 7.42. The molecule has 0 N–H and O–H groups in total. The Kier molecular flexibility index (Phi) is 2.24. The van der Waals surface area contributed by atoms with E-state index in [0.29, 0.717) is 11.8 Å². The van der Waals surface area contributed by atoms with Gasteiger partial charge in [-0.2, -0.15) is 0 Å². The van der Waals surface area contributed by atoms with Crippen LogP contribution in [-0.2, 0) is 9.59 Å². The van der Waals surface area contributed by atoms with Gasteiger partial charge in [-0.3, -0.25) is 9.59 Å². The molecule has 2 aromatic rings. The predicted molar refractivity (Wildman–Crippen MR) is 82.1 cm³/mol. The molecule has 4 heteroatoms. The Balaban J connectivity index is 1.64. The van der Waals surface area contributed by atoms with Crippen LogP contribution in [0.4, 0.5) is 5.69 Å². The average molecular weight is 297 g/mol. The minimum absolute atomic E-state index is 0.0325. The quantitative estimate of drug-likeness (QED) is 0.756. The van der Waals surface area contributed by atoms with Crippen LogP contribution in [0.15, 0.2) is 29.6 Å². The summed E-state index contributed by atoms with van der Waals surface area (Å²) in [5, 5.41) is 2.99. The maximum atomic E-state index is 12.8. The van der Waals surface area contributed by atoms with Crippen molar-refractivity contribution in [3.8, 4) is 0 Å². The van der Waals surface area contributed by atoms with Gasteiger partial charge in [0, 0.05) is 15.5 Å². The number of carbonyl (C=O) groups is 2. The number of hydrogen-bond acceptors (Lipinski definition) is 3. The highest BCUT2D eigenvalue weighted by Gasteiger charge is 2.61. The SMILES string of the molecule is O=C1[C@@H]2C3CCC(C3)[C@@H]2C(=O)N1c1csc2ccccc12. The van der Waals surface area contributed by atoms with E-state index in [-0.39, 0.29) is 23.7 Å². The van der Waals surface area contributed by atoms with Crippen molar-refractivity contribution in [2.45, 2.75) is 19.3 Å². The first-order valence-corrected chi connectivity index (χ1v) is 8.47. The van der Waals surface area contributed by atoms with E-state index in [1.165, 1.54) is 4.90 Å². The molecule has 4 atom stereocenters. The van der Waals surface area contributed by atoms with Gasteiger partial charge in [-0.25, -0.2) is 4.90 Å². The zero-order valence-corrected chi connectivity index (χ0v) is 12.3. The van der Waals surface area contributed by atoms with Crippen LogP contribution in [0.2, 0.25) is 0 Å². The zero-order chi connectivity index (χ0) is 14.1. The molecule has 2 amide bonds. The maximum absolute atomic E-state index is 12.8. The van der Waals surface area contributed by atoms with Crippen LogP contribution in [0.5, 0.6) is 0 Å². The molecule has 2 aliphatic carbocycles. The highest BCUT2D eigenvalue weighted by molar-refractivity contribution is 7.17. The largest absolute Gasteiger partial charge is 0.274 e. The molecule has 2 heterocycles. The Hall–Kier alpha value is -1.68. The van der Waals surface area contributed by atoms with Crippen LogP contribution in [0, 0.1) is 23.7 Å². The fraction of sp³-hybridized carbons (Fsp3) is 0.412. The molecule has 5 rings (SSSR count). The number of carbonyl (C=O) groups excluding carboxylic acids is 2. The van der Waals surface area contributed by atoms with Crippen LogP contribution in [0.3, 0.4) is 0 Å². The van der Waals surface area contributed by atoms with Crippen molar-refractivity contribution in [3.63, 3.8) is 0 Å². The van der Waals surface area contributed by atoms with Crippen LogP contribution < -0.4 is 4.90 Å². The molecule has 2 bridgehead atoms. The molecule has 2 saturated carbocycles. The number of imide groups is 1. The van der Waals surface area contributed by atoms with Gasteiger partial charge in [-0.15, -0.1) is 11.3 Å². The Morgan fingerprint density at radius 2 is 1.67 bits per heavy atom. The Morgan fingerprint density at radius 1 is 1.00 bits per heavy atom. The minimum atomic E-state index is -0.0325. The van der Waals surface area contributed by atoms with Gasteiger partial charge in [-0.1, -0.05) is 18.2 Å². The van der Waals surface area contributed by atoms with Crippen molar-refractivity contribution in [2.24, 2.45) is 23.7 Å². The van der Waals surface area contributed by atoms with Crippen molar-refractivity contribution in [1.29, 1.82) is 0 Å². The lowest BCUT2D eigenvalue weighted by molar-refractivity contribution is -0.123. The highest BCUT2D eigenvalue weighted by Crippen LogP contribution is 2.57. The van der Waals surface area contributed by atoms with Gasteiger partial charge in [0.15, 0.2) is 0 Å². The topological polar surface area (TPSA) is 37.4 Å². The lowest BCUT2D eigenvalue weighted by atomic mass is 9.81. The summed E-state index contributed by atoms with van der Waals surface area (Å²) in [7, 11) is 0. The van der Waals surface area contributed by atoms with Gasteiger partial charge in [0.25, 0.3) is 0 Å². The summed E-state index contributed by atoms with van der Waals surface area (Å²) >= 11 is 1.60. The van der Waals surface area contributed by atoms with Crippen molar-refractivity contribution in [1.82, 2.24) is 0 Å². The molecule has 106 valence electrons. The van der Waals surface area contributed by atoms with Crippen LogP contribution in [0.25, 0.3) is 10.1 Å². The minimum Gasteiger partial charge on any atom is -0.274 e. The van der Waals surface area contributed by atoms with Crippen molar-refractivity contribution >= 4 is 38.9 Å².